The van der Waals surface area contributed by atoms with Crippen molar-refractivity contribution in [2.45, 2.75) is 19.0 Å². The summed E-state index contributed by atoms with van der Waals surface area (Å²) in [6, 6.07) is 11.1. The summed E-state index contributed by atoms with van der Waals surface area (Å²) in [4.78, 5) is 4.91. The predicted octanol–water partition coefficient (Wildman–Crippen LogP) is 5.56. The van der Waals surface area contributed by atoms with Gasteiger partial charge in [-0.25, -0.2) is 4.85 Å². The molecule has 0 aliphatic heterocycles. The van der Waals surface area contributed by atoms with E-state index < -0.39 is 11.7 Å². The fraction of sp³-hybridized carbons (Fsp3) is 0.381. The van der Waals surface area contributed by atoms with Crippen LogP contribution in [0.25, 0.3) is 4.85 Å². The second kappa shape index (κ2) is 8.42. The van der Waals surface area contributed by atoms with Crippen LogP contribution in [-0.4, -0.2) is 26.8 Å². The van der Waals surface area contributed by atoms with Crippen LogP contribution in [0.1, 0.15) is 18.4 Å². The summed E-state index contributed by atoms with van der Waals surface area (Å²) in [5, 5.41) is 0. The Kier molecular flexibility index (Phi) is 5.98. The minimum atomic E-state index is -4.55. The number of hydrogen-bond acceptors (Lipinski definition) is 3. The van der Waals surface area contributed by atoms with Gasteiger partial charge in [-0.15, -0.1) is 0 Å². The van der Waals surface area contributed by atoms with E-state index in [1.54, 1.807) is 37.4 Å². The van der Waals surface area contributed by atoms with Crippen molar-refractivity contribution < 1.29 is 22.6 Å². The van der Waals surface area contributed by atoms with Crippen molar-refractivity contribution in [3.8, 4) is 11.5 Å². The van der Waals surface area contributed by atoms with E-state index >= 15 is 0 Å². The molecular formula is C21H21F3N2O2. The highest BCUT2D eigenvalue weighted by Gasteiger charge is 2.34. The van der Waals surface area contributed by atoms with Gasteiger partial charge >= 0.3 is 6.18 Å². The highest BCUT2D eigenvalue weighted by atomic mass is 19.4. The summed E-state index contributed by atoms with van der Waals surface area (Å²) < 4.78 is 50.7. The maximum absolute atomic E-state index is 13.3. The number of benzene rings is 2. The molecule has 148 valence electrons. The minimum absolute atomic E-state index is 0.338. The number of ether oxygens (including phenoxy) is 2. The van der Waals surface area contributed by atoms with Gasteiger partial charge in [0.1, 0.15) is 18.1 Å². The Bertz CT molecular complexity index is 840. The zero-order chi connectivity index (χ0) is 20.1. The Morgan fingerprint density at radius 1 is 1.11 bits per heavy atom. The summed E-state index contributed by atoms with van der Waals surface area (Å²) in [6.07, 6.45) is -2.38. The molecule has 3 rings (SSSR count). The van der Waals surface area contributed by atoms with Crippen LogP contribution < -0.4 is 14.4 Å². The molecule has 0 N–H and O–H groups in total. The Hall–Kier alpha value is -2.88. The normalized spacial score (nSPS) is 13.7. The van der Waals surface area contributed by atoms with E-state index in [-0.39, 0.29) is 5.69 Å². The van der Waals surface area contributed by atoms with E-state index in [0.717, 1.165) is 24.7 Å². The van der Waals surface area contributed by atoms with Crippen LogP contribution in [0.4, 0.5) is 24.5 Å². The van der Waals surface area contributed by atoms with Crippen molar-refractivity contribution in [1.82, 2.24) is 0 Å². The molecule has 28 heavy (non-hydrogen) atoms. The number of rotatable bonds is 8. The maximum Gasteiger partial charge on any atom is 0.407 e. The van der Waals surface area contributed by atoms with Crippen LogP contribution in [0.2, 0.25) is 0 Å². The van der Waals surface area contributed by atoms with Gasteiger partial charge in [0.05, 0.1) is 25.8 Å². The van der Waals surface area contributed by atoms with Crippen LogP contribution in [0.15, 0.2) is 42.5 Å². The van der Waals surface area contributed by atoms with Gasteiger partial charge in [0.25, 0.3) is 0 Å². The van der Waals surface area contributed by atoms with Crippen molar-refractivity contribution in [2.75, 3.05) is 31.7 Å². The lowest BCUT2D eigenvalue weighted by atomic mass is 10.1. The first kappa shape index (κ1) is 19.9. The Morgan fingerprint density at radius 3 is 2.36 bits per heavy atom. The zero-order valence-corrected chi connectivity index (χ0v) is 15.5. The SMILES string of the molecule is [C-]#[N+]c1ccc(N(CCOc2ccc(OC)cc2)CC2CC2)cc1C(F)(F)F. The third-order valence-electron chi connectivity index (χ3n) is 4.64. The summed E-state index contributed by atoms with van der Waals surface area (Å²) in [5.74, 6) is 1.89. The molecule has 0 saturated heterocycles. The van der Waals surface area contributed by atoms with Crippen molar-refractivity contribution in [1.29, 1.82) is 0 Å². The first-order chi connectivity index (χ1) is 13.4. The molecule has 0 radical (unpaired) electrons. The number of methoxy groups -OCH3 is 1. The number of anilines is 1. The smallest absolute Gasteiger partial charge is 0.407 e. The fourth-order valence-electron chi connectivity index (χ4n) is 2.93. The number of nitrogens with zero attached hydrogens (tertiary/aromatic N) is 2. The second-order valence-electron chi connectivity index (χ2n) is 6.72. The standard InChI is InChI=1S/C21H21F3N2O2/c1-25-20-10-5-16(13-19(20)21(22,23)24)26(14-15-3-4-15)11-12-28-18-8-6-17(27-2)7-9-18/h5-10,13,15H,3-4,11-12,14H2,2H3. The quantitative estimate of drug-likeness (QED) is 0.552. The first-order valence-electron chi connectivity index (χ1n) is 9.01. The van der Waals surface area contributed by atoms with Crippen molar-refractivity contribution in [3.05, 3.63) is 59.4 Å². The molecule has 1 aliphatic carbocycles. The monoisotopic (exact) mass is 390 g/mol. The van der Waals surface area contributed by atoms with E-state index in [1.165, 1.54) is 6.07 Å². The largest absolute Gasteiger partial charge is 0.497 e. The predicted molar refractivity (Wildman–Crippen MR) is 101 cm³/mol. The highest BCUT2D eigenvalue weighted by Crippen LogP contribution is 2.39. The molecule has 0 bridgehead atoms. The van der Waals surface area contributed by atoms with Gasteiger partial charge in [0.15, 0.2) is 5.69 Å². The third-order valence-corrected chi connectivity index (χ3v) is 4.64. The van der Waals surface area contributed by atoms with Crippen molar-refractivity contribution in [3.63, 3.8) is 0 Å². The van der Waals surface area contributed by atoms with Crippen LogP contribution in [0, 0.1) is 12.5 Å². The van der Waals surface area contributed by atoms with E-state index in [9.17, 15) is 13.2 Å². The molecule has 0 atom stereocenters. The van der Waals surface area contributed by atoms with E-state index in [1.807, 2.05) is 4.90 Å². The lowest BCUT2D eigenvalue weighted by Crippen LogP contribution is -2.30. The molecule has 0 amide bonds. The van der Waals surface area contributed by atoms with E-state index in [0.29, 0.717) is 37.1 Å². The molecule has 7 heteroatoms. The molecule has 0 heterocycles. The molecule has 1 fully saturated rings. The number of hydrogen-bond donors (Lipinski definition) is 0. The Morgan fingerprint density at radius 2 is 1.79 bits per heavy atom. The van der Waals surface area contributed by atoms with Crippen LogP contribution >= 0.6 is 0 Å². The molecule has 4 nitrogen and oxygen atoms in total. The van der Waals surface area contributed by atoms with Gasteiger partial charge in [0.2, 0.25) is 0 Å². The molecule has 2 aromatic carbocycles. The molecule has 1 saturated carbocycles. The first-order valence-corrected chi connectivity index (χ1v) is 9.01. The topological polar surface area (TPSA) is 26.1 Å². The zero-order valence-electron chi connectivity index (χ0n) is 15.5. The summed E-state index contributed by atoms with van der Waals surface area (Å²) in [5.41, 5.74) is -0.807. The van der Waals surface area contributed by atoms with Gasteiger partial charge in [-0.1, -0.05) is 6.07 Å². The fourth-order valence-corrected chi connectivity index (χ4v) is 2.93. The van der Waals surface area contributed by atoms with E-state index in [2.05, 4.69) is 4.85 Å². The average Bonchev–Trinajstić information content (AvgIpc) is 3.50. The molecule has 2 aromatic rings. The minimum Gasteiger partial charge on any atom is -0.497 e. The lowest BCUT2D eigenvalue weighted by Gasteiger charge is -2.26. The number of alkyl halides is 3. The summed E-state index contributed by atoms with van der Waals surface area (Å²) in [7, 11) is 1.58. The number of halogens is 3. The Balaban J connectivity index is 1.72. The molecular weight excluding hydrogens is 369 g/mol. The highest BCUT2D eigenvalue weighted by molar-refractivity contribution is 5.62. The van der Waals surface area contributed by atoms with Crippen LogP contribution in [0.5, 0.6) is 11.5 Å². The lowest BCUT2D eigenvalue weighted by molar-refractivity contribution is -0.136. The van der Waals surface area contributed by atoms with Crippen LogP contribution in [0.3, 0.4) is 0 Å². The molecule has 1 aliphatic rings. The summed E-state index contributed by atoms with van der Waals surface area (Å²) in [6.45, 7) is 8.46. The second-order valence-corrected chi connectivity index (χ2v) is 6.72. The molecule has 0 aromatic heterocycles. The Labute approximate surface area is 162 Å². The van der Waals surface area contributed by atoms with Crippen LogP contribution in [-0.2, 0) is 6.18 Å². The van der Waals surface area contributed by atoms with Gasteiger partial charge in [0, 0.05) is 12.2 Å². The van der Waals surface area contributed by atoms with Gasteiger partial charge < -0.3 is 14.4 Å². The summed E-state index contributed by atoms with van der Waals surface area (Å²) >= 11 is 0. The average molecular weight is 390 g/mol. The van der Waals surface area contributed by atoms with Crippen molar-refractivity contribution in [2.24, 2.45) is 5.92 Å². The van der Waals surface area contributed by atoms with Gasteiger partial charge in [-0.05, 0) is 55.2 Å². The van der Waals surface area contributed by atoms with Gasteiger partial charge in [-0.2, -0.15) is 13.2 Å². The van der Waals surface area contributed by atoms with Crippen molar-refractivity contribution >= 4 is 11.4 Å². The van der Waals surface area contributed by atoms with Gasteiger partial charge in [-0.3, -0.25) is 0 Å². The molecule has 0 unspecified atom stereocenters. The third kappa shape index (κ3) is 5.10. The van der Waals surface area contributed by atoms with E-state index in [4.69, 9.17) is 16.0 Å². The molecule has 0 spiro atoms. The maximum atomic E-state index is 13.3.